The number of hydrogen-bond donors (Lipinski definition) is 2. The van der Waals surface area contributed by atoms with Gasteiger partial charge in [-0.25, -0.2) is 4.79 Å². The van der Waals surface area contributed by atoms with Crippen LogP contribution in [0.1, 0.15) is 25.7 Å². The molecule has 1 aromatic carbocycles. The lowest BCUT2D eigenvalue weighted by atomic mass is 9.95. The van der Waals surface area contributed by atoms with Crippen molar-refractivity contribution in [3.05, 3.63) is 24.3 Å². The molecule has 2 aliphatic rings. The molecular weight excluding hydrogens is 240 g/mol. The van der Waals surface area contributed by atoms with Crippen molar-refractivity contribution in [1.29, 1.82) is 0 Å². The van der Waals surface area contributed by atoms with Crippen LogP contribution in [0.4, 0.5) is 10.5 Å². The molecule has 2 fully saturated rings. The van der Waals surface area contributed by atoms with Crippen LogP contribution in [0.25, 0.3) is 0 Å². The molecule has 102 valence electrons. The van der Waals surface area contributed by atoms with Crippen molar-refractivity contribution < 1.29 is 9.53 Å². The minimum atomic E-state index is -0.106. The molecule has 1 aromatic rings. The molecule has 4 heteroatoms. The van der Waals surface area contributed by atoms with Gasteiger partial charge in [-0.3, -0.25) is 0 Å². The maximum atomic E-state index is 12.0. The van der Waals surface area contributed by atoms with Crippen LogP contribution >= 0.6 is 0 Å². The molecule has 0 aliphatic heterocycles. The number of fused-ring (bicyclic) bond motifs is 2. The second kappa shape index (κ2) is 5.11. The van der Waals surface area contributed by atoms with Crippen LogP contribution in [0.2, 0.25) is 0 Å². The van der Waals surface area contributed by atoms with Gasteiger partial charge in [0.15, 0.2) is 0 Å². The van der Waals surface area contributed by atoms with E-state index in [-0.39, 0.29) is 6.03 Å². The molecule has 0 spiro atoms. The van der Waals surface area contributed by atoms with Crippen molar-refractivity contribution in [3.63, 3.8) is 0 Å². The molecule has 2 saturated carbocycles. The Hall–Kier alpha value is -1.71. The van der Waals surface area contributed by atoms with Crippen molar-refractivity contribution in [2.45, 2.75) is 31.7 Å². The topological polar surface area (TPSA) is 50.4 Å². The van der Waals surface area contributed by atoms with Gasteiger partial charge in [-0.05, 0) is 43.2 Å². The SMILES string of the molecule is COc1cccc(NC(=O)N[C@@H]2C[C@H]3CC[C@H]2C3)c1. The number of carbonyl (C=O) groups excluding carboxylic acids is 1. The van der Waals surface area contributed by atoms with E-state index < -0.39 is 0 Å². The van der Waals surface area contributed by atoms with Crippen molar-refractivity contribution in [2.24, 2.45) is 11.8 Å². The fourth-order valence-electron chi connectivity index (χ4n) is 3.46. The third kappa shape index (κ3) is 2.67. The van der Waals surface area contributed by atoms with Crippen LogP contribution in [0.15, 0.2) is 24.3 Å². The number of amides is 2. The summed E-state index contributed by atoms with van der Waals surface area (Å²) in [5.74, 6) is 2.28. The average Bonchev–Trinajstić information content (AvgIpc) is 3.01. The van der Waals surface area contributed by atoms with Gasteiger partial charge in [0, 0.05) is 17.8 Å². The van der Waals surface area contributed by atoms with E-state index >= 15 is 0 Å². The van der Waals surface area contributed by atoms with E-state index in [0.717, 1.165) is 23.8 Å². The van der Waals surface area contributed by atoms with Gasteiger partial charge < -0.3 is 15.4 Å². The Kier molecular flexibility index (Phi) is 3.32. The fraction of sp³-hybridized carbons (Fsp3) is 0.533. The normalized spacial score (nSPS) is 28.2. The molecular formula is C15H20N2O2. The zero-order chi connectivity index (χ0) is 13.2. The third-order valence-corrected chi connectivity index (χ3v) is 4.38. The minimum Gasteiger partial charge on any atom is -0.497 e. The van der Waals surface area contributed by atoms with Crippen molar-refractivity contribution in [1.82, 2.24) is 5.32 Å². The first-order valence-electron chi connectivity index (χ1n) is 6.96. The molecule has 0 radical (unpaired) electrons. The van der Waals surface area contributed by atoms with E-state index in [1.807, 2.05) is 24.3 Å². The first-order chi connectivity index (χ1) is 9.24. The Balaban J connectivity index is 1.56. The second-order valence-electron chi connectivity index (χ2n) is 5.61. The predicted molar refractivity (Wildman–Crippen MR) is 74.4 cm³/mol. The zero-order valence-corrected chi connectivity index (χ0v) is 11.2. The third-order valence-electron chi connectivity index (χ3n) is 4.38. The summed E-state index contributed by atoms with van der Waals surface area (Å²) in [6, 6.07) is 7.67. The molecule has 2 aliphatic carbocycles. The van der Waals surface area contributed by atoms with Crippen molar-refractivity contribution in [3.8, 4) is 5.75 Å². The molecule has 2 amide bonds. The minimum absolute atomic E-state index is 0.106. The summed E-state index contributed by atoms with van der Waals surface area (Å²) in [7, 11) is 1.62. The number of ether oxygens (including phenoxy) is 1. The number of nitrogens with one attached hydrogen (secondary N) is 2. The average molecular weight is 260 g/mol. The fourth-order valence-corrected chi connectivity index (χ4v) is 3.46. The number of hydrogen-bond acceptors (Lipinski definition) is 2. The summed E-state index contributed by atoms with van der Waals surface area (Å²) in [5.41, 5.74) is 0.764. The van der Waals surface area contributed by atoms with Gasteiger partial charge in [0.25, 0.3) is 0 Å². The van der Waals surface area contributed by atoms with Crippen LogP contribution in [-0.4, -0.2) is 19.2 Å². The largest absolute Gasteiger partial charge is 0.497 e. The Bertz CT molecular complexity index is 475. The lowest BCUT2D eigenvalue weighted by Gasteiger charge is -2.23. The lowest BCUT2D eigenvalue weighted by Crippen LogP contribution is -2.40. The number of methoxy groups -OCH3 is 1. The Labute approximate surface area is 113 Å². The first kappa shape index (κ1) is 12.3. The summed E-state index contributed by atoms with van der Waals surface area (Å²) >= 11 is 0. The smallest absolute Gasteiger partial charge is 0.319 e. The van der Waals surface area contributed by atoms with E-state index in [4.69, 9.17) is 4.74 Å². The monoisotopic (exact) mass is 260 g/mol. The zero-order valence-electron chi connectivity index (χ0n) is 11.2. The van der Waals surface area contributed by atoms with Crippen LogP contribution in [0.3, 0.4) is 0 Å². The van der Waals surface area contributed by atoms with Crippen molar-refractivity contribution >= 4 is 11.7 Å². The second-order valence-corrected chi connectivity index (χ2v) is 5.61. The number of rotatable bonds is 3. The number of urea groups is 1. The van der Waals surface area contributed by atoms with E-state index in [9.17, 15) is 4.79 Å². The van der Waals surface area contributed by atoms with Gasteiger partial charge in [0.2, 0.25) is 0 Å². The molecule has 19 heavy (non-hydrogen) atoms. The standard InChI is InChI=1S/C15H20N2O2/c1-19-13-4-2-3-12(9-13)16-15(18)17-14-8-10-5-6-11(14)7-10/h2-4,9-11,14H,5-8H2,1H3,(H2,16,17,18)/t10-,11-,14+/m0/s1. The van der Waals surface area contributed by atoms with Crippen LogP contribution < -0.4 is 15.4 Å². The summed E-state index contributed by atoms with van der Waals surface area (Å²) in [5, 5.41) is 5.98. The van der Waals surface area contributed by atoms with Gasteiger partial charge >= 0.3 is 6.03 Å². The quantitative estimate of drug-likeness (QED) is 0.877. The van der Waals surface area contributed by atoms with Crippen LogP contribution in [-0.2, 0) is 0 Å². The van der Waals surface area contributed by atoms with E-state index in [1.54, 1.807) is 7.11 Å². The molecule has 0 heterocycles. The number of carbonyl (C=O) groups is 1. The molecule has 3 rings (SSSR count). The molecule has 3 atom stereocenters. The maximum absolute atomic E-state index is 12.0. The Morgan fingerprint density at radius 3 is 2.89 bits per heavy atom. The van der Waals surface area contributed by atoms with Gasteiger partial charge in [0.1, 0.15) is 5.75 Å². The highest BCUT2D eigenvalue weighted by molar-refractivity contribution is 5.89. The van der Waals surface area contributed by atoms with Crippen LogP contribution in [0, 0.1) is 11.8 Å². The molecule has 0 saturated heterocycles. The molecule has 0 aromatic heterocycles. The van der Waals surface area contributed by atoms with E-state index in [2.05, 4.69) is 10.6 Å². The predicted octanol–water partition coefficient (Wildman–Crippen LogP) is 3.01. The lowest BCUT2D eigenvalue weighted by molar-refractivity contribution is 0.242. The highest BCUT2D eigenvalue weighted by Crippen LogP contribution is 2.44. The maximum Gasteiger partial charge on any atom is 0.319 e. The van der Waals surface area contributed by atoms with Crippen molar-refractivity contribution in [2.75, 3.05) is 12.4 Å². The highest BCUT2D eigenvalue weighted by Gasteiger charge is 2.40. The Morgan fingerprint density at radius 1 is 1.32 bits per heavy atom. The van der Waals surface area contributed by atoms with E-state index in [0.29, 0.717) is 12.0 Å². The summed E-state index contributed by atoms with van der Waals surface area (Å²) in [6.07, 6.45) is 5.06. The highest BCUT2D eigenvalue weighted by atomic mass is 16.5. The number of anilines is 1. The Morgan fingerprint density at radius 2 is 2.21 bits per heavy atom. The molecule has 2 N–H and O–H groups in total. The molecule has 4 nitrogen and oxygen atoms in total. The van der Waals surface area contributed by atoms with Gasteiger partial charge in [-0.1, -0.05) is 12.5 Å². The number of benzene rings is 1. The van der Waals surface area contributed by atoms with Crippen LogP contribution in [0.5, 0.6) is 5.75 Å². The van der Waals surface area contributed by atoms with Gasteiger partial charge in [-0.15, -0.1) is 0 Å². The summed E-state index contributed by atoms with van der Waals surface area (Å²) in [6.45, 7) is 0. The molecule has 2 bridgehead atoms. The van der Waals surface area contributed by atoms with E-state index in [1.165, 1.54) is 19.3 Å². The first-order valence-corrected chi connectivity index (χ1v) is 6.96. The summed E-state index contributed by atoms with van der Waals surface area (Å²) < 4.78 is 5.14. The van der Waals surface area contributed by atoms with Gasteiger partial charge in [-0.2, -0.15) is 0 Å². The summed E-state index contributed by atoms with van der Waals surface area (Å²) in [4.78, 5) is 12.0. The molecule has 0 unspecified atom stereocenters. The van der Waals surface area contributed by atoms with Gasteiger partial charge in [0.05, 0.1) is 7.11 Å².